The number of hydrogen-bond donors (Lipinski definition) is 0. The zero-order chi connectivity index (χ0) is 38.6. The number of fused-ring (bicyclic) bond motifs is 18. The molecule has 56 heavy (non-hydrogen) atoms. The summed E-state index contributed by atoms with van der Waals surface area (Å²) in [7, 11) is -2.95. The maximum atomic E-state index is 5.12. The van der Waals surface area contributed by atoms with Crippen molar-refractivity contribution in [3.63, 3.8) is 0 Å². The number of rotatable bonds is 4. The highest BCUT2D eigenvalue weighted by Gasteiger charge is 2.18. The van der Waals surface area contributed by atoms with Gasteiger partial charge < -0.3 is 0 Å². The molecule has 6 aromatic carbocycles. The van der Waals surface area contributed by atoms with Crippen molar-refractivity contribution < 1.29 is 0 Å². The lowest BCUT2D eigenvalue weighted by molar-refractivity contribution is 1.18. The minimum absolute atomic E-state index is 0.623. The summed E-state index contributed by atoms with van der Waals surface area (Å²) in [5.74, 6) is 1.29. The Morgan fingerprint density at radius 1 is 0.286 bits per heavy atom. The molecule has 272 valence electrons. The normalized spacial score (nSPS) is 12.1. The third kappa shape index (κ3) is 7.05. The van der Waals surface area contributed by atoms with Crippen LogP contribution in [-0.4, -0.2) is 46.1 Å². The standard InChI is InChI=1S/C48H42N6Si2/c1-55(2,3)41-23-19-31(20-24-41)43-49-45-37-15-7-11-33(27-37)35-13-9-17-39(29-35)47-51-44(32-21-25-42(26-22-32)56(4,5)6)52-48(54-47)40-18-10-14-36(30-40)34-12-8-16-38(28-34)46(50-43)53-45/h7-30H,1-6H3. The van der Waals surface area contributed by atoms with Gasteiger partial charge in [-0.1, -0.05) is 171 Å². The van der Waals surface area contributed by atoms with Crippen molar-refractivity contribution in [3.8, 4) is 22.8 Å². The number of hydrogen-bond acceptors (Lipinski definition) is 6. The largest absolute Gasteiger partial charge is 0.208 e. The number of nitrogens with zero attached hydrogens (tertiary/aromatic N) is 6. The molecule has 9 aromatic rings. The monoisotopic (exact) mass is 758 g/mol. The van der Waals surface area contributed by atoms with Crippen LogP contribution in [0.25, 0.3) is 88.5 Å². The summed E-state index contributed by atoms with van der Waals surface area (Å²) in [5, 5.41) is 10.6. The quantitative estimate of drug-likeness (QED) is 0.166. The van der Waals surface area contributed by atoms with E-state index in [1.54, 1.807) is 0 Å². The first kappa shape index (κ1) is 35.5. The average Bonchev–Trinajstić information content (AvgIpc) is 3.23. The van der Waals surface area contributed by atoms with Crippen LogP contribution < -0.4 is 10.4 Å². The Bertz CT molecular complexity index is 2740. The second-order valence-corrected chi connectivity index (χ2v) is 26.7. The van der Waals surface area contributed by atoms with Gasteiger partial charge in [-0.05, 0) is 45.8 Å². The van der Waals surface area contributed by atoms with Crippen LogP contribution in [0.3, 0.4) is 0 Å². The van der Waals surface area contributed by atoms with E-state index in [1.807, 2.05) is 0 Å². The molecule has 0 aliphatic heterocycles. The van der Waals surface area contributed by atoms with E-state index in [4.69, 9.17) is 29.9 Å². The van der Waals surface area contributed by atoms with E-state index >= 15 is 0 Å². The highest BCUT2D eigenvalue weighted by Crippen LogP contribution is 2.26. The molecular formula is C48H42N6Si2. The summed E-state index contributed by atoms with van der Waals surface area (Å²) in [6.07, 6.45) is 0. The van der Waals surface area contributed by atoms with Crippen molar-refractivity contribution in [2.24, 2.45) is 0 Å². The summed E-state index contributed by atoms with van der Waals surface area (Å²) in [6, 6.07) is 51.2. The highest BCUT2D eigenvalue weighted by atomic mass is 28.3. The van der Waals surface area contributed by atoms with Gasteiger partial charge in [-0.2, -0.15) is 0 Å². The van der Waals surface area contributed by atoms with Crippen molar-refractivity contribution in [1.82, 2.24) is 29.9 Å². The van der Waals surface area contributed by atoms with Gasteiger partial charge in [-0.3, -0.25) is 0 Å². The molecule has 0 spiro atoms. The third-order valence-electron chi connectivity index (χ3n) is 10.4. The van der Waals surface area contributed by atoms with E-state index in [0.29, 0.717) is 34.2 Å². The zero-order valence-corrected chi connectivity index (χ0v) is 34.5. The minimum Gasteiger partial charge on any atom is -0.208 e. The van der Waals surface area contributed by atoms with Crippen LogP contribution in [-0.2, 0) is 0 Å². The molecule has 0 N–H and O–H groups in total. The smallest absolute Gasteiger partial charge is 0.164 e. The summed E-state index contributed by atoms with van der Waals surface area (Å²) < 4.78 is 0. The SMILES string of the molecule is C[Si](C)(C)c1ccc(-c2nc3nc(n2)c2cccc(c2)c2cccc(c2)c2nc(-c4ccc([Si](C)(C)C)cc4)nc(n2)c2cccc(c2)c2cccc3c2)cc1. The minimum atomic E-state index is -1.48. The van der Waals surface area contributed by atoms with E-state index in [2.05, 4.69) is 185 Å². The predicted molar refractivity (Wildman–Crippen MR) is 242 cm³/mol. The first-order valence-corrected chi connectivity index (χ1v) is 26.1. The van der Waals surface area contributed by atoms with Gasteiger partial charge >= 0.3 is 0 Å². The predicted octanol–water partition coefficient (Wildman–Crippen LogP) is 11.1. The topological polar surface area (TPSA) is 77.3 Å². The van der Waals surface area contributed by atoms with Gasteiger partial charge in [0.05, 0.1) is 16.1 Å². The lowest BCUT2D eigenvalue weighted by Crippen LogP contribution is -2.37. The van der Waals surface area contributed by atoms with Crippen LogP contribution in [0.15, 0.2) is 146 Å². The number of benzene rings is 6. The van der Waals surface area contributed by atoms with E-state index < -0.39 is 16.1 Å². The summed E-state index contributed by atoms with van der Waals surface area (Å²) in [4.78, 5) is 30.6. The molecule has 0 amide bonds. The van der Waals surface area contributed by atoms with Crippen LogP contribution >= 0.6 is 0 Å². The average molecular weight is 759 g/mol. The molecule has 3 aromatic heterocycles. The molecule has 0 unspecified atom stereocenters. The van der Waals surface area contributed by atoms with Crippen molar-refractivity contribution in [2.45, 2.75) is 39.3 Å². The molecule has 0 saturated heterocycles. The fraction of sp³-hybridized carbons (Fsp3) is 0.125. The molecule has 6 nitrogen and oxygen atoms in total. The van der Waals surface area contributed by atoms with Gasteiger partial charge in [0, 0.05) is 32.7 Å². The van der Waals surface area contributed by atoms with Gasteiger partial charge in [0.15, 0.2) is 34.2 Å². The molecule has 0 atom stereocenters. The lowest BCUT2D eigenvalue weighted by atomic mass is 10.1. The molecule has 8 heteroatoms. The summed E-state index contributed by atoms with van der Waals surface area (Å²) >= 11 is 0. The van der Waals surface area contributed by atoms with E-state index in [9.17, 15) is 0 Å². The van der Waals surface area contributed by atoms with E-state index in [1.165, 1.54) is 10.4 Å². The Kier molecular flexibility index (Phi) is 8.75. The van der Waals surface area contributed by atoms with Gasteiger partial charge in [-0.15, -0.1) is 0 Å². The fourth-order valence-electron chi connectivity index (χ4n) is 7.12. The molecule has 0 radical (unpaired) electrons. The molecular weight excluding hydrogens is 717 g/mol. The molecule has 3 heterocycles. The molecule has 0 saturated carbocycles. The van der Waals surface area contributed by atoms with E-state index in [-0.39, 0.29) is 0 Å². The van der Waals surface area contributed by atoms with Gasteiger partial charge in [0.2, 0.25) is 0 Å². The first-order chi connectivity index (χ1) is 26.9. The Morgan fingerprint density at radius 2 is 0.536 bits per heavy atom. The van der Waals surface area contributed by atoms with Crippen LogP contribution in [0.2, 0.25) is 39.3 Å². The Morgan fingerprint density at radius 3 is 0.786 bits per heavy atom. The van der Waals surface area contributed by atoms with Crippen LogP contribution in [0, 0.1) is 0 Å². The molecule has 0 fully saturated rings. The zero-order valence-electron chi connectivity index (χ0n) is 32.5. The Hall–Kier alpha value is -6.23. The highest BCUT2D eigenvalue weighted by molar-refractivity contribution is 6.89. The molecule has 9 rings (SSSR count). The fourth-order valence-corrected chi connectivity index (χ4v) is 9.45. The van der Waals surface area contributed by atoms with Crippen molar-refractivity contribution in [1.29, 1.82) is 0 Å². The Balaban J connectivity index is 1.38. The first-order valence-electron chi connectivity index (χ1n) is 19.1. The third-order valence-corrected chi connectivity index (χ3v) is 14.6. The van der Waals surface area contributed by atoms with Gasteiger partial charge in [-0.25, -0.2) is 29.9 Å². The molecule has 12 bridgehead atoms. The number of aromatic nitrogens is 6. The van der Waals surface area contributed by atoms with Crippen LogP contribution in [0.1, 0.15) is 0 Å². The van der Waals surface area contributed by atoms with Crippen LogP contribution in [0.4, 0.5) is 0 Å². The van der Waals surface area contributed by atoms with Crippen molar-refractivity contribution in [3.05, 3.63) is 146 Å². The molecule has 0 aliphatic rings. The van der Waals surface area contributed by atoms with E-state index in [0.717, 1.165) is 54.2 Å². The second-order valence-electron chi connectivity index (χ2n) is 16.6. The maximum Gasteiger partial charge on any atom is 0.164 e. The van der Waals surface area contributed by atoms with Gasteiger partial charge in [0.25, 0.3) is 0 Å². The summed E-state index contributed by atoms with van der Waals surface area (Å²) in [6.45, 7) is 14.2. The lowest BCUT2D eigenvalue weighted by Gasteiger charge is -2.16. The summed E-state index contributed by atoms with van der Waals surface area (Å²) in [5.41, 5.74) is 4.42. The van der Waals surface area contributed by atoms with Crippen molar-refractivity contribution in [2.75, 3.05) is 0 Å². The molecule has 0 aliphatic carbocycles. The van der Waals surface area contributed by atoms with Crippen molar-refractivity contribution >= 4 is 92.2 Å². The Labute approximate surface area is 328 Å². The maximum absolute atomic E-state index is 5.12. The van der Waals surface area contributed by atoms with Gasteiger partial charge in [0.1, 0.15) is 0 Å². The second kappa shape index (κ2) is 13.8. The van der Waals surface area contributed by atoms with Crippen LogP contribution in [0.5, 0.6) is 0 Å².